The third kappa shape index (κ3) is 7.27. The summed E-state index contributed by atoms with van der Waals surface area (Å²) in [4.78, 5) is 8.67. The van der Waals surface area contributed by atoms with E-state index < -0.39 is 0 Å². The third-order valence-corrected chi connectivity index (χ3v) is 4.83. The van der Waals surface area contributed by atoms with Gasteiger partial charge >= 0.3 is 0 Å². The van der Waals surface area contributed by atoms with Gasteiger partial charge in [0.05, 0.1) is 14.2 Å². The summed E-state index contributed by atoms with van der Waals surface area (Å²) in [7, 11) is 4.99. The summed E-state index contributed by atoms with van der Waals surface area (Å²) in [5.74, 6) is 3.25. The van der Waals surface area contributed by atoms with Crippen LogP contribution in [0.3, 0.4) is 0 Å². The smallest absolute Gasteiger partial charge is 0.228 e. The predicted octanol–water partition coefficient (Wildman–Crippen LogP) is 3.98. The monoisotopic (exact) mass is 571 g/mol. The molecule has 8 nitrogen and oxygen atoms in total. The molecule has 0 bridgehead atoms. The van der Waals surface area contributed by atoms with Crippen molar-refractivity contribution in [2.45, 2.75) is 12.8 Å². The van der Waals surface area contributed by atoms with Gasteiger partial charge in [0.2, 0.25) is 11.7 Å². The highest BCUT2D eigenvalue weighted by Crippen LogP contribution is 2.27. The van der Waals surface area contributed by atoms with Gasteiger partial charge in [0.25, 0.3) is 0 Å². The Kier molecular flexibility index (Phi) is 10.5. The van der Waals surface area contributed by atoms with Gasteiger partial charge in [0.1, 0.15) is 0 Å². The van der Waals surface area contributed by atoms with Crippen molar-refractivity contribution >= 4 is 41.5 Å². The van der Waals surface area contributed by atoms with Gasteiger partial charge in [-0.05, 0) is 48.4 Å². The van der Waals surface area contributed by atoms with E-state index in [1.165, 1.54) is 0 Å². The molecule has 1 aromatic heterocycles. The maximum atomic E-state index is 5.91. The molecule has 0 aliphatic carbocycles. The molecule has 0 aliphatic heterocycles. The van der Waals surface area contributed by atoms with Gasteiger partial charge in [-0.15, -0.1) is 24.0 Å². The second-order valence-corrected chi connectivity index (χ2v) is 7.07. The number of aliphatic imine (C=N–C) groups is 1. The van der Waals surface area contributed by atoms with E-state index >= 15 is 0 Å². The van der Waals surface area contributed by atoms with Crippen molar-refractivity contribution < 1.29 is 14.0 Å². The fraction of sp³-hybridized carbons (Fsp3) is 0.318. The predicted molar refractivity (Wildman–Crippen MR) is 136 cm³/mol. The molecule has 3 rings (SSSR count). The molecule has 0 atom stereocenters. The van der Waals surface area contributed by atoms with Crippen molar-refractivity contribution in [2.24, 2.45) is 4.99 Å². The van der Waals surface area contributed by atoms with Crippen LogP contribution in [0.25, 0.3) is 11.4 Å². The SMILES string of the molecule is CN=C(NCCc1ccc(OC)c(OC)c1)NCCc1nc(-c2ccc(Cl)cc2)no1.I. The lowest BCUT2D eigenvalue weighted by molar-refractivity contribution is 0.354. The largest absolute Gasteiger partial charge is 0.493 e. The first kappa shape index (κ1) is 25.7. The number of halogens is 2. The number of rotatable bonds is 9. The molecular weight excluding hydrogens is 545 g/mol. The Morgan fingerprint density at radius 3 is 2.34 bits per heavy atom. The number of hydrogen-bond donors (Lipinski definition) is 2. The molecule has 0 radical (unpaired) electrons. The summed E-state index contributed by atoms with van der Waals surface area (Å²) in [6, 6.07) is 13.2. The summed E-state index contributed by atoms with van der Waals surface area (Å²) in [5, 5.41) is 11.2. The number of benzene rings is 2. The summed E-state index contributed by atoms with van der Waals surface area (Å²) in [6.07, 6.45) is 1.39. The molecule has 1 heterocycles. The van der Waals surface area contributed by atoms with Crippen LogP contribution in [0.15, 0.2) is 52.0 Å². The number of nitrogens with one attached hydrogen (secondary N) is 2. The van der Waals surface area contributed by atoms with Crippen LogP contribution >= 0.6 is 35.6 Å². The van der Waals surface area contributed by atoms with Crippen LogP contribution in [-0.4, -0.2) is 50.5 Å². The standard InChI is InChI=1S/C22H26ClN5O3.HI/c1-24-22(25-12-10-15-4-9-18(29-2)19(14-15)30-3)26-13-11-20-27-21(28-31-20)16-5-7-17(23)8-6-16;/h4-9,14H,10-13H2,1-3H3,(H2,24,25,26);1H. The number of methoxy groups -OCH3 is 2. The minimum Gasteiger partial charge on any atom is -0.493 e. The second kappa shape index (κ2) is 13.1. The summed E-state index contributed by atoms with van der Waals surface area (Å²) < 4.78 is 15.9. The van der Waals surface area contributed by atoms with E-state index in [-0.39, 0.29) is 24.0 Å². The number of nitrogens with zero attached hydrogens (tertiary/aromatic N) is 3. The van der Waals surface area contributed by atoms with Gasteiger partial charge in [-0.1, -0.05) is 22.8 Å². The average Bonchev–Trinajstić information content (AvgIpc) is 3.27. The average molecular weight is 572 g/mol. The molecule has 3 aromatic rings. The van der Waals surface area contributed by atoms with Crippen LogP contribution in [0, 0.1) is 0 Å². The van der Waals surface area contributed by atoms with Crippen LogP contribution in [0.4, 0.5) is 0 Å². The van der Waals surface area contributed by atoms with Gasteiger partial charge in [-0.2, -0.15) is 4.98 Å². The molecule has 0 saturated heterocycles. The Hall–Kier alpha value is -2.53. The van der Waals surface area contributed by atoms with E-state index in [2.05, 4.69) is 25.8 Å². The van der Waals surface area contributed by atoms with Crippen LogP contribution in [-0.2, 0) is 12.8 Å². The first-order chi connectivity index (χ1) is 15.1. The van der Waals surface area contributed by atoms with Crippen molar-refractivity contribution in [3.05, 3.63) is 58.9 Å². The van der Waals surface area contributed by atoms with Gasteiger partial charge < -0.3 is 24.6 Å². The van der Waals surface area contributed by atoms with Crippen LogP contribution in [0.1, 0.15) is 11.5 Å². The Balaban J connectivity index is 0.00000363. The van der Waals surface area contributed by atoms with Crippen LogP contribution < -0.4 is 20.1 Å². The molecule has 0 saturated carbocycles. The Labute approximate surface area is 209 Å². The first-order valence-electron chi connectivity index (χ1n) is 9.87. The fourth-order valence-electron chi connectivity index (χ4n) is 2.94. The van der Waals surface area contributed by atoms with Crippen molar-refractivity contribution in [1.82, 2.24) is 20.8 Å². The van der Waals surface area contributed by atoms with Gasteiger partial charge in [-0.3, -0.25) is 4.99 Å². The van der Waals surface area contributed by atoms with Gasteiger partial charge in [0.15, 0.2) is 17.5 Å². The van der Waals surface area contributed by atoms with Crippen molar-refractivity contribution in [3.63, 3.8) is 0 Å². The number of guanidine groups is 1. The van der Waals surface area contributed by atoms with E-state index in [0.29, 0.717) is 35.7 Å². The lowest BCUT2D eigenvalue weighted by atomic mass is 10.1. The molecule has 172 valence electrons. The molecule has 0 unspecified atom stereocenters. The van der Waals surface area contributed by atoms with Crippen LogP contribution in [0.2, 0.25) is 5.02 Å². The third-order valence-electron chi connectivity index (χ3n) is 4.58. The highest BCUT2D eigenvalue weighted by Gasteiger charge is 2.09. The molecule has 10 heteroatoms. The molecule has 0 amide bonds. The van der Waals surface area contributed by atoms with E-state index in [0.717, 1.165) is 35.6 Å². The normalized spacial score (nSPS) is 10.9. The van der Waals surface area contributed by atoms with E-state index in [1.807, 2.05) is 30.3 Å². The van der Waals surface area contributed by atoms with Gasteiger partial charge in [0, 0.05) is 37.1 Å². The van der Waals surface area contributed by atoms with E-state index in [9.17, 15) is 0 Å². The van der Waals surface area contributed by atoms with Crippen molar-refractivity contribution in [1.29, 1.82) is 0 Å². The minimum absolute atomic E-state index is 0. The minimum atomic E-state index is 0. The zero-order chi connectivity index (χ0) is 22.1. The quantitative estimate of drug-likeness (QED) is 0.228. The lowest BCUT2D eigenvalue weighted by Gasteiger charge is -2.12. The molecule has 2 N–H and O–H groups in total. The van der Waals surface area contributed by atoms with Gasteiger partial charge in [-0.25, -0.2) is 0 Å². The number of ether oxygens (including phenoxy) is 2. The van der Waals surface area contributed by atoms with Crippen LogP contribution in [0.5, 0.6) is 11.5 Å². The number of hydrogen-bond acceptors (Lipinski definition) is 6. The van der Waals surface area contributed by atoms with E-state index in [1.54, 1.807) is 33.4 Å². The Morgan fingerprint density at radius 1 is 1.00 bits per heavy atom. The molecular formula is C22H27ClIN5O3. The molecule has 0 aliphatic rings. The zero-order valence-electron chi connectivity index (χ0n) is 18.2. The first-order valence-corrected chi connectivity index (χ1v) is 10.2. The lowest BCUT2D eigenvalue weighted by Crippen LogP contribution is -2.39. The topological polar surface area (TPSA) is 93.8 Å². The molecule has 0 fully saturated rings. The second-order valence-electron chi connectivity index (χ2n) is 6.63. The van der Waals surface area contributed by atoms with Crippen molar-refractivity contribution in [2.75, 3.05) is 34.4 Å². The number of aromatic nitrogens is 2. The zero-order valence-corrected chi connectivity index (χ0v) is 21.3. The Bertz CT molecular complexity index is 1010. The maximum absolute atomic E-state index is 5.91. The van der Waals surface area contributed by atoms with E-state index in [4.69, 9.17) is 25.6 Å². The highest BCUT2D eigenvalue weighted by molar-refractivity contribution is 14.0. The summed E-state index contributed by atoms with van der Waals surface area (Å²) >= 11 is 5.91. The molecule has 2 aromatic carbocycles. The highest BCUT2D eigenvalue weighted by atomic mass is 127. The summed E-state index contributed by atoms with van der Waals surface area (Å²) in [6.45, 7) is 1.33. The fourth-order valence-corrected chi connectivity index (χ4v) is 3.07. The van der Waals surface area contributed by atoms with Crippen molar-refractivity contribution in [3.8, 4) is 22.9 Å². The Morgan fingerprint density at radius 2 is 1.69 bits per heavy atom. The molecule has 0 spiro atoms. The summed E-state index contributed by atoms with van der Waals surface area (Å²) in [5.41, 5.74) is 2.00. The molecule has 32 heavy (non-hydrogen) atoms. The maximum Gasteiger partial charge on any atom is 0.228 e.